The second-order valence-corrected chi connectivity index (χ2v) is 17.0. The Morgan fingerprint density at radius 1 is 0.750 bits per heavy atom. The van der Waals surface area contributed by atoms with E-state index >= 15 is 0 Å². The van der Waals surface area contributed by atoms with Gasteiger partial charge in [-0.05, 0) is 103 Å². The first-order chi connectivity index (χ1) is 25.1. The molecule has 8 aromatic rings. The summed E-state index contributed by atoms with van der Waals surface area (Å²) in [5, 5.41) is 5.37. The molecule has 2 unspecified atom stereocenters. The van der Waals surface area contributed by atoms with Gasteiger partial charge in [0.05, 0.1) is 28.5 Å². The first-order valence-corrected chi connectivity index (χ1v) is 19.2. The predicted octanol–water partition coefficient (Wildman–Crippen LogP) is 11.6. The number of aromatic nitrogens is 3. The van der Waals surface area contributed by atoms with Crippen molar-refractivity contribution in [3.05, 3.63) is 144 Å². The van der Waals surface area contributed by atoms with Crippen LogP contribution < -0.4 is 9.13 Å². The molecule has 0 aliphatic carbocycles. The molecule has 3 nitrogen and oxygen atoms in total. The van der Waals surface area contributed by atoms with E-state index in [0.29, 0.717) is 11.8 Å². The molecule has 0 saturated carbocycles. The van der Waals surface area contributed by atoms with E-state index in [1.54, 1.807) is 0 Å². The molecule has 0 amide bonds. The Balaban J connectivity index is 1.28. The van der Waals surface area contributed by atoms with E-state index in [1.807, 2.05) is 0 Å². The van der Waals surface area contributed by atoms with Crippen LogP contribution in [-0.2, 0) is 11.8 Å². The topological polar surface area (TPSA) is 12.2 Å². The molecule has 4 aromatic heterocycles. The standard InChI is InChI=1S/C49H47N3/c1-29(2)33-18-21-44-39-26-40-42-25-34(49(5,6)7)24-41-37-14-10-11-15-45(37)52(48(41)42)47(40)23-32(39)17-19-38-35-12-8-9-13-36(35)43-20-16-30(3)27-51(43)46(38)22-31(4)50(44)28-33/h8-16,18,20-21,23-29,38,46H,4,17,19,22H2,1-3,5-7H3/q+2. The van der Waals surface area contributed by atoms with Gasteiger partial charge in [0.25, 0.3) is 0 Å². The van der Waals surface area contributed by atoms with Crippen LogP contribution in [0.3, 0.4) is 0 Å². The molecule has 0 N–H and O–H groups in total. The number of pyridine rings is 2. The normalized spacial score (nSPS) is 17.4. The van der Waals surface area contributed by atoms with Crippen LogP contribution in [0.4, 0.5) is 0 Å². The number of aryl methyl sites for hydroxylation is 2. The molecule has 2 atom stereocenters. The summed E-state index contributed by atoms with van der Waals surface area (Å²) in [5.74, 6) is 0.773. The fraction of sp³-hybridized carbons (Fsp3) is 0.265. The van der Waals surface area contributed by atoms with E-state index in [4.69, 9.17) is 6.58 Å². The highest BCUT2D eigenvalue weighted by Crippen LogP contribution is 2.47. The number of fused-ring (bicyclic) bond motifs is 15. The number of benzene rings is 4. The van der Waals surface area contributed by atoms with Crippen molar-refractivity contribution in [2.24, 2.45) is 0 Å². The summed E-state index contributed by atoms with van der Waals surface area (Å²) in [4.78, 5) is 0. The zero-order valence-corrected chi connectivity index (χ0v) is 31.3. The molecule has 2 aliphatic heterocycles. The van der Waals surface area contributed by atoms with E-state index in [1.165, 1.54) is 88.4 Å². The average molecular weight is 678 g/mol. The lowest BCUT2D eigenvalue weighted by molar-refractivity contribution is -0.720. The van der Waals surface area contributed by atoms with Gasteiger partial charge in [0.2, 0.25) is 11.4 Å². The van der Waals surface area contributed by atoms with Gasteiger partial charge >= 0.3 is 0 Å². The highest BCUT2D eigenvalue weighted by atomic mass is 15.0. The van der Waals surface area contributed by atoms with Gasteiger partial charge in [-0.15, -0.1) is 0 Å². The van der Waals surface area contributed by atoms with Gasteiger partial charge in [-0.25, -0.2) is 0 Å². The summed E-state index contributed by atoms with van der Waals surface area (Å²) in [6.45, 7) is 18.7. The largest absolute Gasteiger partial charge is 0.308 e. The van der Waals surface area contributed by atoms with E-state index in [-0.39, 0.29) is 11.5 Å². The number of hydrogen-bond acceptors (Lipinski definition) is 0. The van der Waals surface area contributed by atoms with Gasteiger partial charge in [-0.1, -0.05) is 71.0 Å². The lowest BCUT2D eigenvalue weighted by Gasteiger charge is -2.31. The minimum atomic E-state index is 0.0336. The monoisotopic (exact) mass is 677 g/mol. The van der Waals surface area contributed by atoms with E-state index in [0.717, 1.165) is 25.0 Å². The number of nitrogens with zero attached hydrogens (tertiary/aromatic N) is 3. The molecule has 3 heteroatoms. The molecule has 6 heterocycles. The van der Waals surface area contributed by atoms with Gasteiger partial charge in [0.1, 0.15) is 0 Å². The maximum absolute atomic E-state index is 4.89. The summed E-state index contributed by atoms with van der Waals surface area (Å²) < 4.78 is 7.59. The average Bonchev–Trinajstić information content (AvgIpc) is 3.64. The summed E-state index contributed by atoms with van der Waals surface area (Å²) in [6.07, 6.45) is 7.69. The fourth-order valence-corrected chi connectivity index (χ4v) is 9.63. The van der Waals surface area contributed by atoms with Crippen molar-refractivity contribution in [2.45, 2.75) is 84.1 Å². The van der Waals surface area contributed by atoms with Gasteiger partial charge in [0.15, 0.2) is 24.1 Å². The molecule has 4 aromatic carbocycles. The highest BCUT2D eigenvalue weighted by Gasteiger charge is 2.42. The molecule has 0 spiro atoms. The molecule has 10 rings (SSSR count). The Bertz CT molecular complexity index is 2770. The number of hydrogen-bond donors (Lipinski definition) is 0. The molecule has 2 aliphatic rings. The Morgan fingerprint density at radius 3 is 2.31 bits per heavy atom. The zero-order chi connectivity index (χ0) is 35.6. The van der Waals surface area contributed by atoms with Crippen LogP contribution in [0, 0.1) is 6.92 Å². The minimum Gasteiger partial charge on any atom is -0.308 e. The van der Waals surface area contributed by atoms with Crippen molar-refractivity contribution < 1.29 is 9.13 Å². The van der Waals surface area contributed by atoms with Crippen LogP contribution in [0.5, 0.6) is 0 Å². The Labute approximate surface area is 306 Å². The molecule has 0 bridgehead atoms. The lowest BCUT2D eigenvalue weighted by Crippen LogP contribution is -2.49. The molecule has 52 heavy (non-hydrogen) atoms. The van der Waals surface area contributed by atoms with E-state index in [9.17, 15) is 0 Å². The molecule has 256 valence electrons. The molecule has 0 saturated heterocycles. The van der Waals surface area contributed by atoms with E-state index in [2.05, 4.69) is 165 Å². The first-order valence-electron chi connectivity index (χ1n) is 19.2. The van der Waals surface area contributed by atoms with Crippen LogP contribution in [0.15, 0.2) is 116 Å². The molecular formula is C49H47N3+2. The van der Waals surface area contributed by atoms with Gasteiger partial charge in [-0.3, -0.25) is 0 Å². The second kappa shape index (κ2) is 11.1. The maximum Gasteiger partial charge on any atom is 0.218 e. The number of para-hydroxylation sites is 1. The smallest absolute Gasteiger partial charge is 0.218 e. The van der Waals surface area contributed by atoms with Gasteiger partial charge in [-0.2, -0.15) is 9.13 Å². The van der Waals surface area contributed by atoms with Crippen molar-refractivity contribution in [3.63, 3.8) is 0 Å². The summed E-state index contributed by atoms with van der Waals surface area (Å²) in [6, 6.07) is 37.7. The van der Waals surface area contributed by atoms with Crippen molar-refractivity contribution >= 4 is 43.8 Å². The first kappa shape index (κ1) is 31.5. The van der Waals surface area contributed by atoms with Gasteiger partial charge in [0, 0.05) is 56.3 Å². The van der Waals surface area contributed by atoms with Crippen molar-refractivity contribution in [2.75, 3.05) is 0 Å². The Hall–Kier alpha value is -5.28. The molecule has 0 fully saturated rings. The van der Waals surface area contributed by atoms with E-state index < -0.39 is 0 Å². The Morgan fingerprint density at radius 2 is 1.50 bits per heavy atom. The highest BCUT2D eigenvalue weighted by molar-refractivity contribution is 6.24. The minimum absolute atomic E-state index is 0.0336. The quantitative estimate of drug-likeness (QED) is 0.153. The summed E-state index contributed by atoms with van der Waals surface area (Å²) in [7, 11) is 0. The van der Waals surface area contributed by atoms with Crippen molar-refractivity contribution in [1.29, 1.82) is 0 Å². The molecular weight excluding hydrogens is 631 g/mol. The third-order valence-electron chi connectivity index (χ3n) is 12.4. The maximum atomic E-state index is 4.89. The fourth-order valence-electron chi connectivity index (χ4n) is 9.63. The van der Waals surface area contributed by atoms with Crippen LogP contribution in [0.1, 0.15) is 93.2 Å². The van der Waals surface area contributed by atoms with Gasteiger partial charge < -0.3 is 4.40 Å². The number of allylic oxidation sites excluding steroid dienone is 1. The zero-order valence-electron chi connectivity index (χ0n) is 31.3. The molecule has 0 radical (unpaired) electrons. The van der Waals surface area contributed by atoms with Crippen molar-refractivity contribution in [1.82, 2.24) is 4.40 Å². The van der Waals surface area contributed by atoms with Crippen LogP contribution in [0.25, 0.3) is 66.3 Å². The lowest BCUT2D eigenvalue weighted by atomic mass is 9.77. The Kier molecular flexibility index (Phi) is 6.72. The van der Waals surface area contributed by atoms with Crippen molar-refractivity contribution in [3.8, 4) is 22.5 Å². The predicted molar refractivity (Wildman–Crippen MR) is 216 cm³/mol. The van der Waals surface area contributed by atoms with Crippen LogP contribution in [-0.4, -0.2) is 4.40 Å². The third kappa shape index (κ3) is 4.51. The van der Waals surface area contributed by atoms with Crippen LogP contribution in [0.2, 0.25) is 0 Å². The van der Waals surface area contributed by atoms with Crippen LogP contribution >= 0.6 is 0 Å². The summed E-state index contributed by atoms with van der Waals surface area (Å²) in [5.41, 5.74) is 17.2. The summed E-state index contributed by atoms with van der Waals surface area (Å²) >= 11 is 0. The third-order valence-corrected chi connectivity index (χ3v) is 12.4. The SMILES string of the molecule is C=C1CC2C(CCc3cc4c(cc3-c3ccc(C(C)C)c[n+]31)c1cc(C(C)(C)C)cc3c5ccccc5n4c31)c1ccccc1-c1ccc(C)c[n+]12. The number of rotatable bonds is 1. The second-order valence-electron chi connectivity index (χ2n) is 17.0.